The third kappa shape index (κ3) is 4.35. The van der Waals surface area contributed by atoms with E-state index in [1.807, 2.05) is 11.0 Å². The SMILES string of the molecule is N#Cc1ccc(C(=O)N2CC[NH+](Cc3ccccc3)CC2)cc1.[Cl-]. The number of halogens is 1. The number of piperazine rings is 1. The minimum Gasteiger partial charge on any atom is -1.00 e. The number of nitrogens with one attached hydrogen (secondary N) is 1. The number of benzene rings is 2. The first-order valence-corrected chi connectivity index (χ1v) is 7.93. The predicted molar refractivity (Wildman–Crippen MR) is 87.9 cm³/mol. The molecule has 1 saturated heterocycles. The molecule has 1 amide bonds. The Morgan fingerprint density at radius 1 is 1.04 bits per heavy atom. The molecule has 0 radical (unpaired) electrons. The van der Waals surface area contributed by atoms with Crippen molar-refractivity contribution in [3.8, 4) is 6.07 Å². The minimum absolute atomic E-state index is 0. The second-order valence-electron chi connectivity index (χ2n) is 5.89. The number of nitriles is 1. The van der Waals surface area contributed by atoms with Gasteiger partial charge in [-0.15, -0.1) is 0 Å². The molecule has 1 heterocycles. The highest BCUT2D eigenvalue weighted by molar-refractivity contribution is 5.94. The van der Waals surface area contributed by atoms with Crippen LogP contribution in [0.15, 0.2) is 54.6 Å². The van der Waals surface area contributed by atoms with Gasteiger partial charge in [-0.3, -0.25) is 4.79 Å². The number of hydrogen-bond donors (Lipinski definition) is 1. The van der Waals surface area contributed by atoms with Crippen LogP contribution in [0.25, 0.3) is 0 Å². The maximum Gasteiger partial charge on any atom is 0.254 e. The average Bonchev–Trinajstić information content (AvgIpc) is 2.63. The lowest BCUT2D eigenvalue weighted by Gasteiger charge is -2.32. The van der Waals surface area contributed by atoms with Crippen molar-refractivity contribution in [2.24, 2.45) is 0 Å². The summed E-state index contributed by atoms with van der Waals surface area (Å²) in [4.78, 5) is 15.9. The van der Waals surface area contributed by atoms with Crippen LogP contribution in [0.1, 0.15) is 21.5 Å². The summed E-state index contributed by atoms with van der Waals surface area (Å²) in [6.07, 6.45) is 0. The summed E-state index contributed by atoms with van der Waals surface area (Å²) < 4.78 is 0. The molecular formula is C19H20ClN3O. The maximum atomic E-state index is 12.5. The molecule has 0 unspecified atom stereocenters. The second-order valence-corrected chi connectivity index (χ2v) is 5.89. The van der Waals surface area contributed by atoms with Gasteiger partial charge in [-0.1, -0.05) is 30.3 Å². The molecule has 0 aromatic heterocycles. The zero-order chi connectivity index (χ0) is 16.1. The highest BCUT2D eigenvalue weighted by atomic mass is 35.5. The van der Waals surface area contributed by atoms with E-state index >= 15 is 0 Å². The van der Waals surface area contributed by atoms with Gasteiger partial charge in [-0.05, 0) is 24.3 Å². The van der Waals surface area contributed by atoms with E-state index < -0.39 is 0 Å². The van der Waals surface area contributed by atoms with Crippen LogP contribution in [-0.4, -0.2) is 37.0 Å². The largest absolute Gasteiger partial charge is 1.00 e. The van der Waals surface area contributed by atoms with Crippen LogP contribution < -0.4 is 17.3 Å². The molecule has 5 heteroatoms. The Balaban J connectivity index is 0.00000208. The normalized spacial score (nSPS) is 14.5. The van der Waals surface area contributed by atoms with Gasteiger partial charge >= 0.3 is 0 Å². The summed E-state index contributed by atoms with van der Waals surface area (Å²) in [5.74, 6) is 0.0632. The van der Waals surface area contributed by atoms with E-state index in [0.717, 1.165) is 32.7 Å². The van der Waals surface area contributed by atoms with Gasteiger partial charge in [0.2, 0.25) is 0 Å². The smallest absolute Gasteiger partial charge is 0.254 e. The van der Waals surface area contributed by atoms with E-state index in [4.69, 9.17) is 5.26 Å². The molecule has 124 valence electrons. The highest BCUT2D eigenvalue weighted by Crippen LogP contribution is 2.07. The molecule has 0 atom stereocenters. The second kappa shape index (κ2) is 8.49. The van der Waals surface area contributed by atoms with Crippen LogP contribution in [0.5, 0.6) is 0 Å². The number of rotatable bonds is 3. The number of amides is 1. The van der Waals surface area contributed by atoms with E-state index in [2.05, 4.69) is 30.3 Å². The Hall–Kier alpha value is -2.35. The topological polar surface area (TPSA) is 48.5 Å². The van der Waals surface area contributed by atoms with E-state index in [1.165, 1.54) is 10.5 Å². The monoisotopic (exact) mass is 341 g/mol. The molecule has 24 heavy (non-hydrogen) atoms. The first-order chi connectivity index (χ1) is 11.3. The molecule has 3 rings (SSSR count). The quantitative estimate of drug-likeness (QED) is 0.709. The molecule has 0 spiro atoms. The lowest BCUT2D eigenvalue weighted by Crippen LogP contribution is -3.13. The van der Waals surface area contributed by atoms with Crippen molar-refractivity contribution in [2.75, 3.05) is 26.2 Å². The van der Waals surface area contributed by atoms with Crippen LogP contribution in [0.2, 0.25) is 0 Å². The van der Waals surface area contributed by atoms with E-state index in [1.54, 1.807) is 24.3 Å². The van der Waals surface area contributed by atoms with Crippen LogP contribution in [0.3, 0.4) is 0 Å². The van der Waals surface area contributed by atoms with Crippen LogP contribution in [0, 0.1) is 11.3 Å². The van der Waals surface area contributed by atoms with Crippen molar-refractivity contribution in [3.05, 3.63) is 71.3 Å². The van der Waals surface area contributed by atoms with Gasteiger partial charge in [0.05, 0.1) is 37.8 Å². The molecule has 1 aliphatic heterocycles. The van der Waals surface area contributed by atoms with Crippen LogP contribution in [-0.2, 0) is 6.54 Å². The molecule has 1 fully saturated rings. The van der Waals surface area contributed by atoms with Crippen LogP contribution >= 0.6 is 0 Å². The summed E-state index contributed by atoms with van der Waals surface area (Å²) in [6.45, 7) is 4.51. The molecule has 2 aromatic rings. The van der Waals surface area contributed by atoms with E-state index in [-0.39, 0.29) is 18.3 Å². The molecule has 0 aliphatic carbocycles. The fraction of sp³-hybridized carbons (Fsp3) is 0.263. The zero-order valence-corrected chi connectivity index (χ0v) is 14.2. The molecule has 0 bridgehead atoms. The first kappa shape index (κ1) is 18.0. The van der Waals surface area contributed by atoms with Gasteiger partial charge in [-0.25, -0.2) is 0 Å². The summed E-state index contributed by atoms with van der Waals surface area (Å²) >= 11 is 0. The van der Waals surface area contributed by atoms with Gasteiger partial charge in [0.25, 0.3) is 5.91 Å². The van der Waals surface area contributed by atoms with Crippen molar-refractivity contribution < 1.29 is 22.1 Å². The van der Waals surface area contributed by atoms with Crippen molar-refractivity contribution in [3.63, 3.8) is 0 Å². The summed E-state index contributed by atoms with van der Waals surface area (Å²) in [6, 6.07) is 19.4. The van der Waals surface area contributed by atoms with Crippen molar-refractivity contribution >= 4 is 5.91 Å². The summed E-state index contributed by atoms with van der Waals surface area (Å²) in [5, 5.41) is 8.82. The van der Waals surface area contributed by atoms with Gasteiger partial charge in [0.1, 0.15) is 6.54 Å². The number of hydrogen-bond acceptors (Lipinski definition) is 2. The van der Waals surface area contributed by atoms with E-state index in [0.29, 0.717) is 11.1 Å². The Bertz CT molecular complexity index is 702. The van der Waals surface area contributed by atoms with Crippen molar-refractivity contribution in [1.82, 2.24) is 4.90 Å². The molecular weight excluding hydrogens is 322 g/mol. The molecule has 1 N–H and O–H groups in total. The number of carbonyl (C=O) groups is 1. The van der Waals surface area contributed by atoms with Crippen molar-refractivity contribution in [1.29, 1.82) is 5.26 Å². The minimum atomic E-state index is 0. The first-order valence-electron chi connectivity index (χ1n) is 7.93. The fourth-order valence-corrected chi connectivity index (χ4v) is 2.96. The lowest BCUT2D eigenvalue weighted by atomic mass is 10.1. The zero-order valence-electron chi connectivity index (χ0n) is 13.4. The summed E-state index contributed by atoms with van der Waals surface area (Å²) in [7, 11) is 0. The molecule has 4 nitrogen and oxygen atoms in total. The Labute approximate surface area is 148 Å². The lowest BCUT2D eigenvalue weighted by molar-refractivity contribution is -0.917. The van der Waals surface area contributed by atoms with Gasteiger partial charge in [0, 0.05) is 11.1 Å². The number of nitrogens with zero attached hydrogens (tertiary/aromatic N) is 2. The van der Waals surface area contributed by atoms with E-state index in [9.17, 15) is 4.79 Å². The Morgan fingerprint density at radius 3 is 2.25 bits per heavy atom. The highest BCUT2D eigenvalue weighted by Gasteiger charge is 2.24. The van der Waals surface area contributed by atoms with Gasteiger partial charge in [0.15, 0.2) is 0 Å². The maximum absolute atomic E-state index is 12.5. The predicted octanol–water partition coefficient (Wildman–Crippen LogP) is -1.90. The third-order valence-electron chi connectivity index (χ3n) is 4.32. The van der Waals surface area contributed by atoms with Crippen molar-refractivity contribution in [2.45, 2.75) is 6.54 Å². The molecule has 0 saturated carbocycles. The summed E-state index contributed by atoms with van der Waals surface area (Å²) in [5.41, 5.74) is 2.59. The molecule has 1 aliphatic rings. The van der Waals surface area contributed by atoms with Crippen LogP contribution in [0.4, 0.5) is 0 Å². The standard InChI is InChI=1S/C19H19N3O.ClH/c20-14-16-6-8-18(9-7-16)19(23)22-12-10-21(11-13-22)15-17-4-2-1-3-5-17;/h1-9H,10-13,15H2;1H. The third-order valence-corrected chi connectivity index (χ3v) is 4.32. The average molecular weight is 342 g/mol. The van der Waals surface area contributed by atoms with Gasteiger partial charge in [-0.2, -0.15) is 5.26 Å². The number of carbonyl (C=O) groups excluding carboxylic acids is 1. The fourth-order valence-electron chi connectivity index (χ4n) is 2.96. The molecule has 2 aromatic carbocycles. The van der Waals surface area contributed by atoms with Gasteiger partial charge < -0.3 is 22.2 Å². The Morgan fingerprint density at radius 2 is 1.67 bits per heavy atom. The Kier molecular flexibility index (Phi) is 6.36. The number of quaternary nitrogens is 1.